The van der Waals surface area contributed by atoms with Crippen molar-refractivity contribution in [3.05, 3.63) is 66.0 Å². The maximum atomic E-state index is 13.4. The molecule has 0 saturated heterocycles. The summed E-state index contributed by atoms with van der Waals surface area (Å²) in [7, 11) is 1.57. The third kappa shape index (κ3) is 3.75. The fraction of sp³-hybridized carbons (Fsp3) is 0.167. The fourth-order valence-electron chi connectivity index (χ4n) is 2.34. The van der Waals surface area contributed by atoms with Gasteiger partial charge in [0.15, 0.2) is 22.6 Å². The Hall–Kier alpha value is -2.74. The van der Waals surface area contributed by atoms with Crippen molar-refractivity contribution in [2.45, 2.75) is 17.3 Å². The second-order valence-electron chi connectivity index (χ2n) is 5.44. The summed E-state index contributed by atoms with van der Waals surface area (Å²) in [6.07, 6.45) is 1.53. The van der Waals surface area contributed by atoms with Gasteiger partial charge in [0.2, 0.25) is 0 Å². The van der Waals surface area contributed by atoms with Gasteiger partial charge in [-0.2, -0.15) is 0 Å². The third-order valence-electron chi connectivity index (χ3n) is 3.70. The fourth-order valence-corrected chi connectivity index (χ4v) is 3.26. The van der Waals surface area contributed by atoms with Crippen LogP contribution in [-0.2, 0) is 0 Å². The average molecular weight is 375 g/mol. The Bertz CT molecular complexity index is 946. The molecule has 2 aromatic carbocycles. The van der Waals surface area contributed by atoms with Gasteiger partial charge in [0, 0.05) is 11.6 Å². The largest absolute Gasteiger partial charge is 0.497 e. The molecule has 0 bridgehead atoms. The number of ether oxygens (including phenoxy) is 1. The van der Waals surface area contributed by atoms with Crippen LogP contribution in [0.1, 0.15) is 17.3 Å². The van der Waals surface area contributed by atoms with E-state index in [1.165, 1.54) is 24.2 Å². The second kappa shape index (κ2) is 7.65. The summed E-state index contributed by atoms with van der Waals surface area (Å²) < 4.78 is 33.3. The van der Waals surface area contributed by atoms with Crippen LogP contribution in [0.15, 0.2) is 53.9 Å². The summed E-state index contributed by atoms with van der Waals surface area (Å²) in [5.74, 6) is -1.68. The third-order valence-corrected chi connectivity index (χ3v) is 4.76. The number of benzene rings is 2. The van der Waals surface area contributed by atoms with E-state index in [2.05, 4.69) is 10.2 Å². The van der Waals surface area contributed by atoms with Gasteiger partial charge in [-0.15, -0.1) is 10.2 Å². The predicted molar refractivity (Wildman–Crippen MR) is 93.9 cm³/mol. The van der Waals surface area contributed by atoms with Crippen LogP contribution in [0, 0.1) is 11.6 Å². The van der Waals surface area contributed by atoms with Gasteiger partial charge >= 0.3 is 0 Å². The minimum absolute atomic E-state index is 0.108. The van der Waals surface area contributed by atoms with Gasteiger partial charge in [0.1, 0.15) is 12.1 Å². The van der Waals surface area contributed by atoms with Crippen LogP contribution in [0.2, 0.25) is 0 Å². The number of ketones is 1. The van der Waals surface area contributed by atoms with Crippen LogP contribution in [0.4, 0.5) is 8.78 Å². The molecule has 0 saturated carbocycles. The highest BCUT2D eigenvalue weighted by molar-refractivity contribution is 8.00. The molecule has 3 aromatic rings. The molecule has 8 heteroatoms. The lowest BCUT2D eigenvalue weighted by atomic mass is 10.1. The van der Waals surface area contributed by atoms with E-state index in [4.69, 9.17) is 4.74 Å². The normalized spacial score (nSPS) is 12.0. The molecule has 0 aliphatic carbocycles. The number of thioether (sulfide) groups is 1. The molecule has 0 amide bonds. The Morgan fingerprint density at radius 1 is 1.19 bits per heavy atom. The van der Waals surface area contributed by atoms with Gasteiger partial charge in [0.25, 0.3) is 0 Å². The molecule has 134 valence electrons. The van der Waals surface area contributed by atoms with Crippen molar-refractivity contribution in [3.8, 4) is 11.4 Å². The summed E-state index contributed by atoms with van der Waals surface area (Å²) in [6, 6.07) is 10.4. The number of halogens is 2. The second-order valence-corrected chi connectivity index (χ2v) is 6.75. The van der Waals surface area contributed by atoms with Crippen molar-refractivity contribution in [2.75, 3.05) is 7.11 Å². The highest BCUT2D eigenvalue weighted by Crippen LogP contribution is 2.27. The molecule has 0 radical (unpaired) electrons. The minimum atomic E-state index is -1.05. The quantitative estimate of drug-likeness (QED) is 0.483. The van der Waals surface area contributed by atoms with E-state index in [0.717, 1.165) is 17.8 Å². The SMILES string of the molecule is COc1cccc(-n2cnnc2S[C@@H](C)C(=O)c2ccc(F)c(F)c2)c1. The number of aromatic nitrogens is 3. The van der Waals surface area contributed by atoms with Crippen LogP contribution < -0.4 is 4.74 Å². The lowest BCUT2D eigenvalue weighted by Crippen LogP contribution is -2.15. The highest BCUT2D eigenvalue weighted by Gasteiger charge is 2.21. The molecule has 1 heterocycles. The number of rotatable bonds is 6. The van der Waals surface area contributed by atoms with Crippen LogP contribution in [0.25, 0.3) is 5.69 Å². The summed E-state index contributed by atoms with van der Waals surface area (Å²) in [4.78, 5) is 12.5. The number of carbonyl (C=O) groups excluding carboxylic acids is 1. The van der Waals surface area contributed by atoms with E-state index >= 15 is 0 Å². The number of carbonyl (C=O) groups is 1. The van der Waals surface area contributed by atoms with Gasteiger partial charge in [-0.25, -0.2) is 8.78 Å². The van der Waals surface area contributed by atoms with E-state index in [-0.39, 0.29) is 11.3 Å². The minimum Gasteiger partial charge on any atom is -0.497 e. The number of hydrogen-bond donors (Lipinski definition) is 0. The standard InChI is InChI=1S/C18H15F2N3O2S/c1-11(17(24)12-6-7-15(19)16(20)8-12)26-18-22-21-10-23(18)13-4-3-5-14(9-13)25-2/h3-11H,1-2H3/t11-/m0/s1. The zero-order valence-electron chi connectivity index (χ0n) is 14.0. The Labute approximate surface area is 153 Å². The Kier molecular flexibility index (Phi) is 5.32. The van der Waals surface area contributed by atoms with Gasteiger partial charge in [-0.3, -0.25) is 9.36 Å². The van der Waals surface area contributed by atoms with Crippen LogP contribution in [0.3, 0.4) is 0 Å². The smallest absolute Gasteiger partial charge is 0.196 e. The van der Waals surface area contributed by atoms with Crippen molar-refractivity contribution in [3.63, 3.8) is 0 Å². The zero-order valence-corrected chi connectivity index (χ0v) is 14.8. The topological polar surface area (TPSA) is 57.0 Å². The summed E-state index contributed by atoms with van der Waals surface area (Å²) >= 11 is 1.18. The van der Waals surface area contributed by atoms with E-state index in [1.807, 2.05) is 24.3 Å². The number of methoxy groups -OCH3 is 1. The highest BCUT2D eigenvalue weighted by atomic mass is 32.2. The maximum absolute atomic E-state index is 13.4. The van der Waals surface area contributed by atoms with Crippen molar-refractivity contribution >= 4 is 17.5 Å². The predicted octanol–water partition coefficient (Wildman–Crippen LogP) is 3.92. The first-order valence-corrected chi connectivity index (χ1v) is 8.58. The molecular weight excluding hydrogens is 360 g/mol. The zero-order chi connectivity index (χ0) is 18.7. The number of nitrogens with zero attached hydrogens (tertiary/aromatic N) is 3. The van der Waals surface area contributed by atoms with Crippen LogP contribution in [0.5, 0.6) is 5.75 Å². The Morgan fingerprint density at radius 2 is 2.00 bits per heavy atom. The molecule has 0 aliphatic heterocycles. The van der Waals surface area contributed by atoms with Crippen molar-refractivity contribution in [1.82, 2.24) is 14.8 Å². The molecule has 1 atom stereocenters. The summed E-state index contributed by atoms with van der Waals surface area (Å²) in [5, 5.41) is 7.88. The molecule has 0 aliphatic rings. The molecule has 0 fully saturated rings. The lowest BCUT2D eigenvalue weighted by Gasteiger charge is -2.12. The summed E-state index contributed by atoms with van der Waals surface area (Å²) in [6.45, 7) is 1.68. The van der Waals surface area contributed by atoms with Crippen molar-refractivity contribution < 1.29 is 18.3 Å². The van der Waals surface area contributed by atoms with Crippen LogP contribution in [-0.4, -0.2) is 32.9 Å². The number of hydrogen-bond acceptors (Lipinski definition) is 5. The monoisotopic (exact) mass is 375 g/mol. The molecule has 0 unspecified atom stereocenters. The molecule has 5 nitrogen and oxygen atoms in total. The lowest BCUT2D eigenvalue weighted by molar-refractivity contribution is 0.0993. The number of Topliss-reactive ketones (excluding diaryl/α,β-unsaturated/α-hetero) is 1. The first-order valence-electron chi connectivity index (χ1n) is 7.70. The first kappa shape index (κ1) is 18.1. The van der Waals surface area contributed by atoms with E-state index in [0.29, 0.717) is 10.9 Å². The molecule has 26 heavy (non-hydrogen) atoms. The maximum Gasteiger partial charge on any atom is 0.196 e. The van der Waals surface area contributed by atoms with Crippen molar-refractivity contribution in [2.24, 2.45) is 0 Å². The van der Waals surface area contributed by atoms with Gasteiger partial charge < -0.3 is 4.74 Å². The Morgan fingerprint density at radius 3 is 2.73 bits per heavy atom. The van der Waals surface area contributed by atoms with Crippen LogP contribution >= 0.6 is 11.8 Å². The van der Waals surface area contributed by atoms with E-state index in [9.17, 15) is 13.6 Å². The first-order chi connectivity index (χ1) is 12.5. The molecule has 0 N–H and O–H groups in total. The van der Waals surface area contributed by atoms with E-state index in [1.54, 1.807) is 18.6 Å². The molecule has 3 rings (SSSR count). The molecule has 1 aromatic heterocycles. The van der Waals surface area contributed by atoms with Crippen molar-refractivity contribution in [1.29, 1.82) is 0 Å². The molecule has 0 spiro atoms. The summed E-state index contributed by atoms with van der Waals surface area (Å²) in [5.41, 5.74) is 0.890. The van der Waals surface area contributed by atoms with Gasteiger partial charge in [0.05, 0.1) is 18.0 Å². The van der Waals surface area contributed by atoms with Gasteiger partial charge in [-0.05, 0) is 37.3 Å². The van der Waals surface area contributed by atoms with Gasteiger partial charge in [-0.1, -0.05) is 17.8 Å². The molecular formula is C18H15F2N3O2S. The average Bonchev–Trinajstić information content (AvgIpc) is 3.11. The van der Waals surface area contributed by atoms with E-state index < -0.39 is 16.9 Å². The Balaban J connectivity index is 1.82.